The number of ketones is 1. The van der Waals surface area contributed by atoms with Crippen LogP contribution in [0.25, 0.3) is 0 Å². The minimum absolute atomic E-state index is 0.129. The summed E-state index contributed by atoms with van der Waals surface area (Å²) < 4.78 is 12.3. The van der Waals surface area contributed by atoms with Gasteiger partial charge in [0.1, 0.15) is 11.3 Å². The van der Waals surface area contributed by atoms with Crippen LogP contribution in [0.3, 0.4) is 0 Å². The SMILES string of the molecule is COc1ccc(CCn2c(C)cc(C(=O)COC(=O)c3ccc[nH]c3=O)c2C)cc1. The number of hydrogen-bond acceptors (Lipinski definition) is 5. The number of H-pyrrole nitrogens is 1. The Morgan fingerprint density at radius 2 is 1.80 bits per heavy atom. The number of pyridine rings is 1. The quantitative estimate of drug-likeness (QED) is 0.457. The van der Waals surface area contributed by atoms with E-state index in [1.807, 2.05) is 38.1 Å². The van der Waals surface area contributed by atoms with E-state index in [9.17, 15) is 14.4 Å². The van der Waals surface area contributed by atoms with E-state index in [4.69, 9.17) is 9.47 Å². The lowest BCUT2D eigenvalue weighted by Gasteiger charge is -2.10. The van der Waals surface area contributed by atoms with Gasteiger partial charge in [-0.15, -0.1) is 0 Å². The number of benzene rings is 1. The second-order valence-corrected chi connectivity index (χ2v) is 6.95. The van der Waals surface area contributed by atoms with Crippen LogP contribution in [0.4, 0.5) is 0 Å². The van der Waals surface area contributed by atoms with E-state index in [2.05, 4.69) is 9.55 Å². The normalized spacial score (nSPS) is 10.6. The maximum Gasteiger partial charge on any atom is 0.344 e. The Morgan fingerprint density at radius 1 is 1.07 bits per heavy atom. The molecule has 0 aliphatic heterocycles. The van der Waals surface area contributed by atoms with E-state index in [1.165, 1.54) is 18.3 Å². The second-order valence-electron chi connectivity index (χ2n) is 6.95. The van der Waals surface area contributed by atoms with Crippen molar-refractivity contribution in [2.75, 3.05) is 13.7 Å². The summed E-state index contributed by atoms with van der Waals surface area (Å²) in [7, 11) is 1.63. The van der Waals surface area contributed by atoms with Gasteiger partial charge in [0.25, 0.3) is 5.56 Å². The molecule has 156 valence electrons. The molecule has 7 heteroatoms. The molecule has 0 aliphatic rings. The van der Waals surface area contributed by atoms with Crippen LogP contribution in [0.2, 0.25) is 0 Å². The average molecular weight is 408 g/mol. The smallest absolute Gasteiger partial charge is 0.344 e. The van der Waals surface area contributed by atoms with Crippen LogP contribution in [-0.2, 0) is 17.7 Å². The number of Topliss-reactive ketones (excluding diaryl/α,β-unsaturated/α-hetero) is 1. The molecule has 3 aromatic rings. The molecule has 0 aliphatic carbocycles. The molecule has 3 rings (SSSR count). The highest BCUT2D eigenvalue weighted by molar-refractivity contribution is 6.00. The summed E-state index contributed by atoms with van der Waals surface area (Å²) in [5, 5.41) is 0. The highest BCUT2D eigenvalue weighted by atomic mass is 16.5. The monoisotopic (exact) mass is 408 g/mol. The number of aromatic amines is 1. The molecule has 0 saturated heterocycles. The molecule has 0 radical (unpaired) electrons. The van der Waals surface area contributed by atoms with Gasteiger partial charge in [0.15, 0.2) is 6.61 Å². The van der Waals surface area contributed by atoms with Gasteiger partial charge in [-0.05, 0) is 56.2 Å². The number of methoxy groups -OCH3 is 1. The van der Waals surface area contributed by atoms with Crippen molar-refractivity contribution >= 4 is 11.8 Å². The van der Waals surface area contributed by atoms with Gasteiger partial charge in [-0.2, -0.15) is 0 Å². The van der Waals surface area contributed by atoms with Crippen molar-refractivity contribution in [2.45, 2.75) is 26.8 Å². The fourth-order valence-electron chi connectivity index (χ4n) is 3.33. The minimum atomic E-state index is -0.821. The lowest BCUT2D eigenvalue weighted by molar-refractivity contribution is 0.0472. The average Bonchev–Trinajstić information content (AvgIpc) is 3.04. The van der Waals surface area contributed by atoms with E-state index >= 15 is 0 Å². The number of carbonyl (C=O) groups is 2. The van der Waals surface area contributed by atoms with Crippen LogP contribution in [0.5, 0.6) is 5.75 Å². The van der Waals surface area contributed by atoms with Crippen LogP contribution < -0.4 is 10.3 Å². The molecule has 2 aromatic heterocycles. The fourth-order valence-corrected chi connectivity index (χ4v) is 3.33. The Kier molecular flexibility index (Phi) is 6.51. The van der Waals surface area contributed by atoms with Crippen LogP contribution in [0, 0.1) is 13.8 Å². The summed E-state index contributed by atoms with van der Waals surface area (Å²) in [6.07, 6.45) is 2.23. The molecule has 0 bridgehead atoms. The van der Waals surface area contributed by atoms with Crippen LogP contribution in [0.15, 0.2) is 53.5 Å². The van der Waals surface area contributed by atoms with Gasteiger partial charge in [0.2, 0.25) is 5.78 Å². The van der Waals surface area contributed by atoms with Crippen molar-refractivity contribution in [3.63, 3.8) is 0 Å². The van der Waals surface area contributed by atoms with Crippen LogP contribution in [0.1, 0.15) is 37.7 Å². The molecule has 0 amide bonds. The van der Waals surface area contributed by atoms with Gasteiger partial charge in [-0.3, -0.25) is 9.59 Å². The van der Waals surface area contributed by atoms with Crippen molar-refractivity contribution in [2.24, 2.45) is 0 Å². The zero-order chi connectivity index (χ0) is 21.7. The van der Waals surface area contributed by atoms with Crippen molar-refractivity contribution in [3.05, 3.63) is 87.1 Å². The van der Waals surface area contributed by atoms with Crippen molar-refractivity contribution < 1.29 is 19.1 Å². The summed E-state index contributed by atoms with van der Waals surface area (Å²) in [5.41, 5.74) is 2.77. The first kappa shape index (κ1) is 21.1. The maximum absolute atomic E-state index is 12.6. The van der Waals surface area contributed by atoms with Gasteiger partial charge in [-0.1, -0.05) is 12.1 Å². The van der Waals surface area contributed by atoms with Crippen molar-refractivity contribution in [1.82, 2.24) is 9.55 Å². The molecular weight excluding hydrogens is 384 g/mol. The Labute approximate surface area is 174 Å². The Balaban J connectivity index is 1.65. The summed E-state index contributed by atoms with van der Waals surface area (Å²) in [4.78, 5) is 38.7. The number of aromatic nitrogens is 2. The largest absolute Gasteiger partial charge is 0.497 e. The molecular formula is C23H24N2O5. The number of esters is 1. The predicted molar refractivity (Wildman–Crippen MR) is 112 cm³/mol. The molecule has 1 N–H and O–H groups in total. The first-order valence-corrected chi connectivity index (χ1v) is 9.58. The topological polar surface area (TPSA) is 90.4 Å². The molecule has 0 saturated carbocycles. The number of aryl methyl sites for hydroxylation is 2. The Hall–Kier alpha value is -3.61. The fraction of sp³-hybridized carbons (Fsp3) is 0.261. The number of nitrogens with one attached hydrogen (secondary N) is 1. The predicted octanol–water partition coefficient (Wildman–Crippen LogP) is 3.08. The van der Waals surface area contributed by atoms with Gasteiger partial charge in [0, 0.05) is 29.7 Å². The molecule has 0 fully saturated rings. The number of rotatable bonds is 8. The standard InChI is InChI=1S/C23H24N2O5/c1-15-13-20(21(26)14-30-23(28)19-5-4-11-24-22(19)27)16(2)25(15)12-10-17-6-8-18(29-3)9-7-17/h4-9,11,13H,10,12,14H2,1-3H3,(H,24,27). The third kappa shape index (κ3) is 4.68. The van der Waals surface area contributed by atoms with Crippen molar-refractivity contribution in [3.8, 4) is 5.75 Å². The molecule has 7 nitrogen and oxygen atoms in total. The molecule has 1 aromatic carbocycles. The molecule has 2 heterocycles. The number of hydrogen-bond donors (Lipinski definition) is 1. The second kappa shape index (κ2) is 9.26. The van der Waals surface area contributed by atoms with E-state index < -0.39 is 18.1 Å². The molecule has 30 heavy (non-hydrogen) atoms. The number of carbonyl (C=O) groups excluding carboxylic acids is 2. The summed E-state index contributed by atoms with van der Waals surface area (Å²) in [5.74, 6) is -0.315. The van der Waals surface area contributed by atoms with Gasteiger partial charge in [-0.25, -0.2) is 4.79 Å². The highest BCUT2D eigenvalue weighted by Crippen LogP contribution is 2.18. The van der Waals surface area contributed by atoms with Crippen molar-refractivity contribution in [1.29, 1.82) is 0 Å². The summed E-state index contributed by atoms with van der Waals surface area (Å²) in [6, 6.07) is 12.6. The lowest BCUT2D eigenvalue weighted by atomic mass is 10.1. The summed E-state index contributed by atoms with van der Waals surface area (Å²) in [6.45, 7) is 4.11. The van der Waals surface area contributed by atoms with Gasteiger partial charge < -0.3 is 19.0 Å². The van der Waals surface area contributed by atoms with Crippen LogP contribution in [-0.4, -0.2) is 35.0 Å². The molecule has 0 unspecified atom stereocenters. The number of nitrogens with zero attached hydrogens (tertiary/aromatic N) is 1. The van der Waals surface area contributed by atoms with E-state index in [-0.39, 0.29) is 11.3 Å². The first-order valence-electron chi connectivity index (χ1n) is 9.58. The zero-order valence-electron chi connectivity index (χ0n) is 17.2. The van der Waals surface area contributed by atoms with E-state index in [0.717, 1.165) is 35.7 Å². The summed E-state index contributed by atoms with van der Waals surface area (Å²) >= 11 is 0. The minimum Gasteiger partial charge on any atom is -0.497 e. The number of ether oxygens (including phenoxy) is 2. The Bertz CT molecular complexity index is 1110. The Morgan fingerprint density at radius 3 is 2.47 bits per heavy atom. The van der Waals surface area contributed by atoms with E-state index in [0.29, 0.717) is 5.56 Å². The van der Waals surface area contributed by atoms with Crippen LogP contribution >= 0.6 is 0 Å². The molecule has 0 spiro atoms. The third-order valence-electron chi connectivity index (χ3n) is 5.03. The molecule has 0 atom stereocenters. The zero-order valence-corrected chi connectivity index (χ0v) is 17.2. The first-order chi connectivity index (χ1) is 14.4. The van der Waals surface area contributed by atoms with E-state index in [1.54, 1.807) is 13.2 Å². The van der Waals surface area contributed by atoms with Gasteiger partial charge in [0.05, 0.1) is 7.11 Å². The van der Waals surface area contributed by atoms with Gasteiger partial charge >= 0.3 is 5.97 Å². The lowest BCUT2D eigenvalue weighted by Crippen LogP contribution is -2.21. The third-order valence-corrected chi connectivity index (χ3v) is 5.03. The highest BCUT2D eigenvalue weighted by Gasteiger charge is 2.19. The maximum atomic E-state index is 12.6.